The number of hydrogen-bond donors (Lipinski definition) is 0. The molecule has 0 fully saturated rings. The van der Waals surface area contributed by atoms with Crippen LogP contribution in [0.5, 0.6) is 0 Å². The zero-order valence-corrected chi connectivity index (χ0v) is 10.4. The van der Waals surface area contributed by atoms with Crippen molar-refractivity contribution in [3.05, 3.63) is 35.9 Å². The molecular weight excluding hydrogens is 130 g/mol. The summed E-state index contributed by atoms with van der Waals surface area (Å²) in [6.45, 7) is 2.08. The van der Waals surface area contributed by atoms with E-state index in [4.69, 9.17) is 0 Å². The van der Waals surface area contributed by atoms with E-state index in [0.717, 1.165) is 0 Å². The minimum absolute atomic E-state index is 0. The number of benzene rings is 1. The van der Waals surface area contributed by atoms with Gasteiger partial charge < -0.3 is 2.85 Å². The van der Waals surface area contributed by atoms with Crippen molar-refractivity contribution in [2.45, 2.75) is 6.92 Å². The van der Waals surface area contributed by atoms with E-state index in [0.29, 0.717) is 0 Å². The summed E-state index contributed by atoms with van der Waals surface area (Å²) < 4.78 is 0. The topological polar surface area (TPSA) is 0 Å². The van der Waals surface area contributed by atoms with Crippen LogP contribution in [0.4, 0.5) is 0 Å². The first-order chi connectivity index (χ1) is 3.39. The van der Waals surface area contributed by atoms with Crippen LogP contribution in [0.3, 0.4) is 0 Å². The molecule has 0 aliphatic carbocycles. The van der Waals surface area contributed by atoms with E-state index >= 15 is 0 Å². The summed E-state index contributed by atoms with van der Waals surface area (Å²) in [7, 11) is 0. The molecule has 0 spiro atoms. The second-order valence-corrected chi connectivity index (χ2v) is 1.65. The first-order valence-corrected chi connectivity index (χ1v) is 2.41. The Kier molecular flexibility index (Phi) is 10.5. The summed E-state index contributed by atoms with van der Waals surface area (Å²) in [5.74, 6) is 0. The van der Waals surface area contributed by atoms with E-state index in [1.807, 2.05) is 18.2 Å². The summed E-state index contributed by atoms with van der Waals surface area (Å²) >= 11 is 0. The quantitative estimate of drug-likeness (QED) is 0.325. The maximum atomic E-state index is 2.08. The van der Waals surface area contributed by atoms with Crippen LogP contribution in [0.1, 0.15) is 8.42 Å². The largest absolute Gasteiger partial charge is 1.00 e. The fraction of sp³-hybridized carbons (Fsp3) is 0.143. The second kappa shape index (κ2) is 7.33. The van der Waals surface area contributed by atoms with Gasteiger partial charge in [-0.05, 0) is 6.92 Å². The monoisotopic (exact) mass is 140 g/mol. The van der Waals surface area contributed by atoms with Gasteiger partial charge in [-0.15, -0.1) is 0 Å². The average Bonchev–Trinajstić information content (AvgIpc) is 1.69. The molecule has 0 unspecified atom stereocenters. The van der Waals surface area contributed by atoms with Crippen molar-refractivity contribution < 1.29 is 62.0 Å². The van der Waals surface area contributed by atoms with Gasteiger partial charge in [-0.3, -0.25) is 0 Å². The minimum Gasteiger partial charge on any atom is -1.00 e. The predicted molar refractivity (Wildman–Crippen MR) is 33.4 cm³/mol. The minimum atomic E-state index is 0. The van der Waals surface area contributed by atoms with E-state index in [1.54, 1.807) is 0 Å². The third kappa shape index (κ3) is 5.65. The zero-order chi connectivity index (χ0) is 5.11. The first-order valence-electron chi connectivity index (χ1n) is 2.41. The fourth-order valence-corrected chi connectivity index (χ4v) is 0.534. The van der Waals surface area contributed by atoms with Crippen molar-refractivity contribution in [1.29, 1.82) is 0 Å². The Balaban J connectivity index is -0.0000000612. The molecule has 40 valence electrons. The van der Waals surface area contributed by atoms with Gasteiger partial charge in [0.1, 0.15) is 0 Å². The molecule has 0 heterocycles. The van der Waals surface area contributed by atoms with Crippen LogP contribution in [0.2, 0.25) is 0 Å². The summed E-state index contributed by atoms with van der Waals surface area (Å²) in [5.41, 5.74) is 1.32. The summed E-state index contributed by atoms with van der Waals surface area (Å²) in [6, 6.07) is 10.3. The SMILES string of the molecule is Cc1ccccc1.[H-].[H-].[Na+].[Na+]. The van der Waals surface area contributed by atoms with Gasteiger partial charge in [0.05, 0.1) is 0 Å². The third-order valence-electron chi connectivity index (χ3n) is 0.940. The van der Waals surface area contributed by atoms with Gasteiger partial charge >= 0.3 is 59.1 Å². The van der Waals surface area contributed by atoms with Gasteiger partial charge in [-0.2, -0.15) is 0 Å². The van der Waals surface area contributed by atoms with Crippen LogP contribution in [0, 0.1) is 6.92 Å². The normalized spacial score (nSPS) is 6.78. The summed E-state index contributed by atoms with van der Waals surface area (Å²) in [4.78, 5) is 0. The molecule has 1 aromatic carbocycles. The van der Waals surface area contributed by atoms with Crippen LogP contribution >= 0.6 is 0 Å². The molecular formula is C7H10Na2. The first kappa shape index (κ1) is 12.9. The fourth-order valence-electron chi connectivity index (χ4n) is 0.534. The molecule has 0 atom stereocenters. The van der Waals surface area contributed by atoms with Gasteiger partial charge in [-0.25, -0.2) is 0 Å². The van der Waals surface area contributed by atoms with E-state index in [-0.39, 0.29) is 62.0 Å². The Morgan fingerprint density at radius 3 is 1.67 bits per heavy atom. The molecule has 2 heteroatoms. The zero-order valence-electron chi connectivity index (χ0n) is 8.39. The van der Waals surface area contributed by atoms with Gasteiger partial charge in [0.15, 0.2) is 0 Å². The molecule has 9 heavy (non-hydrogen) atoms. The van der Waals surface area contributed by atoms with Crippen molar-refractivity contribution in [1.82, 2.24) is 0 Å². The van der Waals surface area contributed by atoms with Crippen LogP contribution in [0.25, 0.3) is 0 Å². The van der Waals surface area contributed by atoms with E-state index < -0.39 is 0 Å². The van der Waals surface area contributed by atoms with E-state index in [2.05, 4.69) is 19.1 Å². The van der Waals surface area contributed by atoms with Crippen molar-refractivity contribution in [3.8, 4) is 0 Å². The molecule has 1 aromatic rings. The van der Waals surface area contributed by atoms with Gasteiger partial charge in [0.2, 0.25) is 0 Å². The molecule has 0 aromatic heterocycles. The van der Waals surface area contributed by atoms with Gasteiger partial charge in [-0.1, -0.05) is 35.9 Å². The molecule has 0 N–H and O–H groups in total. The van der Waals surface area contributed by atoms with Gasteiger partial charge in [0.25, 0.3) is 0 Å². The van der Waals surface area contributed by atoms with Crippen LogP contribution in [0.15, 0.2) is 30.3 Å². The molecule has 0 aliphatic rings. The van der Waals surface area contributed by atoms with Crippen molar-refractivity contribution in [2.75, 3.05) is 0 Å². The van der Waals surface area contributed by atoms with Crippen molar-refractivity contribution in [2.24, 2.45) is 0 Å². The average molecular weight is 140 g/mol. The maximum absolute atomic E-state index is 2.08. The smallest absolute Gasteiger partial charge is 1.00 e. The van der Waals surface area contributed by atoms with Crippen LogP contribution in [-0.4, -0.2) is 0 Å². The molecule has 0 amide bonds. The Hall–Kier alpha value is 1.22. The molecule has 0 radical (unpaired) electrons. The van der Waals surface area contributed by atoms with Crippen LogP contribution < -0.4 is 59.1 Å². The van der Waals surface area contributed by atoms with E-state index in [9.17, 15) is 0 Å². The van der Waals surface area contributed by atoms with E-state index in [1.165, 1.54) is 5.56 Å². The molecule has 0 saturated heterocycles. The third-order valence-corrected chi connectivity index (χ3v) is 0.940. The maximum Gasteiger partial charge on any atom is 1.00 e. The molecule has 0 bridgehead atoms. The Bertz CT molecular complexity index is 144. The number of rotatable bonds is 0. The Morgan fingerprint density at radius 2 is 1.44 bits per heavy atom. The summed E-state index contributed by atoms with van der Waals surface area (Å²) in [5, 5.41) is 0. The summed E-state index contributed by atoms with van der Waals surface area (Å²) in [6.07, 6.45) is 0. The standard InChI is InChI=1S/C7H8.2Na.2H/c1-7-5-3-2-4-6-7;;;;/h2-6H,1H3;;;;/q;2*+1;2*-1. The Morgan fingerprint density at radius 1 is 1.00 bits per heavy atom. The predicted octanol–water partition coefficient (Wildman–Crippen LogP) is -3.77. The number of hydrogen-bond acceptors (Lipinski definition) is 0. The van der Waals surface area contributed by atoms with Crippen molar-refractivity contribution >= 4 is 0 Å². The number of aryl methyl sites for hydroxylation is 1. The second-order valence-electron chi connectivity index (χ2n) is 1.65. The molecule has 0 aliphatic heterocycles. The molecule has 0 nitrogen and oxygen atoms in total. The van der Waals surface area contributed by atoms with Crippen LogP contribution in [-0.2, 0) is 0 Å². The van der Waals surface area contributed by atoms with Gasteiger partial charge in [0, 0.05) is 0 Å². The molecule has 0 saturated carbocycles. The molecule has 1 rings (SSSR count). The van der Waals surface area contributed by atoms with Crippen molar-refractivity contribution in [3.63, 3.8) is 0 Å². The Labute approximate surface area is 104 Å².